The van der Waals surface area contributed by atoms with Crippen molar-refractivity contribution in [3.8, 4) is 11.5 Å². The maximum Gasteiger partial charge on any atom is 0.261 e. The smallest absolute Gasteiger partial charge is 0.261 e. The lowest BCUT2D eigenvalue weighted by atomic mass is 10.2. The van der Waals surface area contributed by atoms with Gasteiger partial charge < -0.3 is 4.42 Å². The van der Waals surface area contributed by atoms with Crippen molar-refractivity contribution in [1.29, 1.82) is 0 Å². The zero-order chi connectivity index (χ0) is 21.5. The highest BCUT2D eigenvalue weighted by atomic mass is 79.9. The van der Waals surface area contributed by atoms with Crippen LogP contribution in [0.5, 0.6) is 0 Å². The van der Waals surface area contributed by atoms with Crippen molar-refractivity contribution in [1.82, 2.24) is 4.98 Å². The highest BCUT2D eigenvalue weighted by Crippen LogP contribution is 2.32. The van der Waals surface area contributed by atoms with Crippen LogP contribution in [0.15, 0.2) is 74.4 Å². The fraction of sp³-hybridized carbons (Fsp3) is 0.0476. The molecule has 3 aromatic carbocycles. The predicted octanol–water partition coefficient (Wildman–Crippen LogP) is 5.40. The molecule has 152 valence electrons. The van der Waals surface area contributed by atoms with Crippen LogP contribution < -0.4 is 4.72 Å². The van der Waals surface area contributed by atoms with Gasteiger partial charge in [-0.3, -0.25) is 9.52 Å². The van der Waals surface area contributed by atoms with Crippen LogP contribution in [0.3, 0.4) is 0 Å². The summed E-state index contributed by atoms with van der Waals surface area (Å²) in [6, 6.07) is 14.6. The first kappa shape index (κ1) is 20.2. The number of rotatable bonds is 5. The number of hydrogen-bond donors (Lipinski definition) is 1. The molecule has 1 N–H and O–H groups in total. The number of nitrogens with zero attached hydrogens (tertiary/aromatic N) is 1. The summed E-state index contributed by atoms with van der Waals surface area (Å²) in [5, 5.41) is 0. The Labute approximate surface area is 179 Å². The summed E-state index contributed by atoms with van der Waals surface area (Å²) in [4.78, 5) is 15.8. The molecule has 4 aromatic rings. The third kappa shape index (κ3) is 3.99. The van der Waals surface area contributed by atoms with Crippen molar-refractivity contribution < 1.29 is 22.0 Å². The van der Waals surface area contributed by atoms with Crippen LogP contribution in [0.2, 0.25) is 0 Å². The third-order valence-electron chi connectivity index (χ3n) is 4.35. The number of carbonyl (C=O) groups is 1. The predicted molar refractivity (Wildman–Crippen MR) is 114 cm³/mol. The van der Waals surface area contributed by atoms with Crippen molar-refractivity contribution in [2.45, 2.75) is 11.8 Å². The topological polar surface area (TPSA) is 89.3 Å². The second-order valence-electron chi connectivity index (χ2n) is 6.52. The Kier molecular flexibility index (Phi) is 5.17. The van der Waals surface area contributed by atoms with Gasteiger partial charge in [0.05, 0.1) is 16.1 Å². The highest BCUT2D eigenvalue weighted by Gasteiger charge is 2.17. The lowest BCUT2D eigenvalue weighted by Gasteiger charge is -2.08. The number of carbonyl (C=O) groups excluding carboxylic acids is 1. The molecule has 0 aliphatic rings. The summed E-state index contributed by atoms with van der Waals surface area (Å²) in [7, 11) is -3.91. The van der Waals surface area contributed by atoms with Crippen LogP contribution in [0.1, 0.15) is 17.3 Å². The first-order valence-electron chi connectivity index (χ1n) is 8.73. The number of fused-ring (bicyclic) bond motifs is 1. The molecule has 0 atom stereocenters. The molecule has 0 aliphatic heterocycles. The first-order chi connectivity index (χ1) is 14.2. The summed E-state index contributed by atoms with van der Waals surface area (Å²) < 4.78 is 47.8. The maximum absolute atomic E-state index is 13.6. The summed E-state index contributed by atoms with van der Waals surface area (Å²) in [6.45, 7) is 1.37. The molecule has 30 heavy (non-hydrogen) atoms. The fourth-order valence-corrected chi connectivity index (χ4v) is 4.38. The van der Waals surface area contributed by atoms with E-state index in [9.17, 15) is 17.6 Å². The molecular weight excluding hydrogens is 475 g/mol. The molecule has 0 saturated heterocycles. The molecule has 9 heteroatoms. The summed E-state index contributed by atoms with van der Waals surface area (Å²) in [5.74, 6) is -0.464. The molecule has 0 radical (unpaired) electrons. The third-order valence-corrected chi connectivity index (χ3v) is 6.42. The van der Waals surface area contributed by atoms with Gasteiger partial charge in [0.1, 0.15) is 11.3 Å². The molecule has 6 nitrogen and oxygen atoms in total. The van der Waals surface area contributed by atoms with Gasteiger partial charge in [0, 0.05) is 10.0 Å². The Hall–Kier alpha value is -3.04. The number of nitrogens with one attached hydrogen (secondary N) is 1. The number of anilines is 1. The van der Waals surface area contributed by atoms with E-state index in [-0.39, 0.29) is 22.3 Å². The van der Waals surface area contributed by atoms with Gasteiger partial charge in [-0.1, -0.05) is 12.1 Å². The van der Waals surface area contributed by atoms with Gasteiger partial charge in [0.2, 0.25) is 5.89 Å². The largest absolute Gasteiger partial charge is 0.436 e. The summed E-state index contributed by atoms with van der Waals surface area (Å²) in [6.07, 6.45) is 0. The second kappa shape index (κ2) is 7.66. The van der Waals surface area contributed by atoms with E-state index in [1.165, 1.54) is 49.4 Å². The van der Waals surface area contributed by atoms with Crippen LogP contribution >= 0.6 is 15.9 Å². The number of sulfonamides is 1. The molecule has 0 spiro atoms. The fourth-order valence-electron chi connectivity index (χ4n) is 2.86. The summed E-state index contributed by atoms with van der Waals surface area (Å²) >= 11 is 3.34. The number of oxazole rings is 1. The summed E-state index contributed by atoms with van der Waals surface area (Å²) in [5.41, 5.74) is 1.83. The van der Waals surface area contributed by atoms with Crippen molar-refractivity contribution in [3.05, 3.63) is 76.5 Å². The van der Waals surface area contributed by atoms with Crippen LogP contribution in [0.4, 0.5) is 10.1 Å². The Morgan fingerprint density at radius 1 is 1.10 bits per heavy atom. The minimum atomic E-state index is -3.91. The second-order valence-corrected chi connectivity index (χ2v) is 9.05. The molecule has 0 saturated carbocycles. The lowest BCUT2D eigenvalue weighted by molar-refractivity contribution is 0.101. The van der Waals surface area contributed by atoms with Gasteiger partial charge in [-0.05, 0) is 71.4 Å². The van der Waals surface area contributed by atoms with Crippen molar-refractivity contribution in [2.24, 2.45) is 0 Å². The van der Waals surface area contributed by atoms with E-state index < -0.39 is 15.8 Å². The Balaban J connectivity index is 1.68. The highest BCUT2D eigenvalue weighted by molar-refractivity contribution is 9.10. The van der Waals surface area contributed by atoms with Gasteiger partial charge >= 0.3 is 0 Å². The standard InChI is InChI=1S/C21H14BrFN2O4S/c1-12(26)13-3-2-4-16(9-13)30(27,28)25-15-6-8-20-19(11-15)24-21(29-20)17-10-14(23)5-7-18(17)22/h2-11,25H,1H3. The van der Waals surface area contributed by atoms with E-state index >= 15 is 0 Å². The quantitative estimate of drug-likeness (QED) is 0.380. The normalized spacial score (nSPS) is 11.6. The van der Waals surface area contributed by atoms with E-state index in [1.807, 2.05) is 0 Å². The zero-order valence-corrected chi connectivity index (χ0v) is 17.9. The number of Topliss-reactive ketones (excluding diaryl/α,β-unsaturated/α-hetero) is 1. The molecule has 1 heterocycles. The molecule has 1 aromatic heterocycles. The molecule has 0 unspecified atom stereocenters. The van der Waals surface area contributed by atoms with Gasteiger partial charge in [-0.2, -0.15) is 0 Å². The minimum Gasteiger partial charge on any atom is -0.436 e. The van der Waals surface area contributed by atoms with E-state index in [0.29, 0.717) is 26.7 Å². The van der Waals surface area contributed by atoms with Crippen LogP contribution in [-0.2, 0) is 10.0 Å². The average molecular weight is 489 g/mol. The van der Waals surface area contributed by atoms with Gasteiger partial charge in [0.25, 0.3) is 10.0 Å². The van der Waals surface area contributed by atoms with E-state index in [0.717, 1.165) is 0 Å². The number of aromatic nitrogens is 1. The Morgan fingerprint density at radius 3 is 2.67 bits per heavy atom. The van der Waals surface area contributed by atoms with Gasteiger partial charge in [-0.25, -0.2) is 17.8 Å². The molecule has 4 rings (SSSR count). The van der Waals surface area contributed by atoms with Crippen LogP contribution in [0.25, 0.3) is 22.6 Å². The SMILES string of the molecule is CC(=O)c1cccc(S(=O)(=O)Nc2ccc3oc(-c4cc(F)ccc4Br)nc3c2)c1. The van der Waals surface area contributed by atoms with Gasteiger partial charge in [0.15, 0.2) is 11.4 Å². The molecular formula is C21H14BrFN2O4S. The van der Waals surface area contributed by atoms with E-state index in [1.54, 1.807) is 18.2 Å². The lowest BCUT2D eigenvalue weighted by Crippen LogP contribution is -2.13. The van der Waals surface area contributed by atoms with Crippen molar-refractivity contribution >= 4 is 48.5 Å². The first-order valence-corrected chi connectivity index (χ1v) is 11.0. The van der Waals surface area contributed by atoms with Crippen molar-refractivity contribution in [2.75, 3.05) is 4.72 Å². The zero-order valence-electron chi connectivity index (χ0n) is 15.5. The maximum atomic E-state index is 13.6. The molecule has 0 bridgehead atoms. The van der Waals surface area contributed by atoms with Crippen molar-refractivity contribution in [3.63, 3.8) is 0 Å². The Bertz CT molecular complexity index is 1400. The van der Waals surface area contributed by atoms with Gasteiger partial charge in [-0.15, -0.1) is 0 Å². The number of halogens is 2. The van der Waals surface area contributed by atoms with E-state index in [2.05, 4.69) is 25.6 Å². The molecule has 0 amide bonds. The number of benzene rings is 3. The number of ketones is 1. The minimum absolute atomic E-state index is 0.0279. The molecule has 0 fully saturated rings. The van der Waals surface area contributed by atoms with Crippen LogP contribution in [0, 0.1) is 5.82 Å². The molecule has 0 aliphatic carbocycles. The Morgan fingerprint density at radius 2 is 1.90 bits per heavy atom. The number of hydrogen-bond acceptors (Lipinski definition) is 5. The average Bonchev–Trinajstić information content (AvgIpc) is 3.12. The monoisotopic (exact) mass is 488 g/mol. The van der Waals surface area contributed by atoms with E-state index in [4.69, 9.17) is 4.42 Å². The van der Waals surface area contributed by atoms with Crippen LogP contribution in [-0.4, -0.2) is 19.2 Å².